The molecule has 1 saturated heterocycles. The van der Waals surface area contributed by atoms with Crippen molar-refractivity contribution in [1.82, 2.24) is 9.80 Å². The summed E-state index contributed by atoms with van der Waals surface area (Å²) in [5.74, 6) is 1.61. The van der Waals surface area contributed by atoms with Crippen LogP contribution in [0.15, 0.2) is 48.5 Å². The third-order valence-electron chi connectivity index (χ3n) is 5.61. The summed E-state index contributed by atoms with van der Waals surface area (Å²) >= 11 is 0. The number of benzene rings is 2. The van der Waals surface area contributed by atoms with Gasteiger partial charge in [-0.15, -0.1) is 0 Å². The lowest BCUT2D eigenvalue weighted by Crippen LogP contribution is -2.52. The van der Waals surface area contributed by atoms with E-state index in [-0.39, 0.29) is 6.23 Å². The summed E-state index contributed by atoms with van der Waals surface area (Å²) in [5.41, 5.74) is 2.28. The Morgan fingerprint density at radius 1 is 0.867 bits per heavy atom. The van der Waals surface area contributed by atoms with Crippen LogP contribution in [0.2, 0.25) is 0 Å². The van der Waals surface area contributed by atoms with Crippen molar-refractivity contribution in [3.63, 3.8) is 0 Å². The van der Waals surface area contributed by atoms with Crippen molar-refractivity contribution in [3.05, 3.63) is 59.7 Å². The van der Waals surface area contributed by atoms with Gasteiger partial charge in [0.1, 0.15) is 0 Å². The van der Waals surface area contributed by atoms with Gasteiger partial charge in [-0.2, -0.15) is 0 Å². The van der Waals surface area contributed by atoms with Gasteiger partial charge in [0.15, 0.2) is 17.7 Å². The fourth-order valence-corrected chi connectivity index (χ4v) is 3.94. The Morgan fingerprint density at radius 2 is 1.60 bits per heavy atom. The first-order valence-corrected chi connectivity index (χ1v) is 11.3. The van der Waals surface area contributed by atoms with Gasteiger partial charge in [0.2, 0.25) is 0 Å². The third-order valence-corrected chi connectivity index (χ3v) is 5.61. The third kappa shape index (κ3) is 6.35. The van der Waals surface area contributed by atoms with Gasteiger partial charge in [0.05, 0.1) is 7.11 Å². The second-order valence-electron chi connectivity index (χ2n) is 7.89. The minimum absolute atomic E-state index is 0.0957. The maximum absolute atomic E-state index is 6.49. The molecule has 0 spiro atoms. The highest BCUT2D eigenvalue weighted by molar-refractivity contribution is 5.70. The zero-order valence-corrected chi connectivity index (χ0v) is 18.7. The van der Waals surface area contributed by atoms with Crippen LogP contribution in [0.4, 0.5) is 0 Å². The van der Waals surface area contributed by atoms with Crippen LogP contribution in [0.3, 0.4) is 0 Å². The van der Waals surface area contributed by atoms with Crippen molar-refractivity contribution in [2.75, 3.05) is 39.8 Å². The van der Waals surface area contributed by atoms with Gasteiger partial charge in [-0.05, 0) is 42.6 Å². The molecule has 1 aliphatic heterocycles. The van der Waals surface area contributed by atoms with E-state index in [1.165, 1.54) is 18.5 Å². The number of hydrogen-bond acceptors (Lipinski definition) is 4. The van der Waals surface area contributed by atoms with Crippen LogP contribution in [0, 0.1) is 0 Å². The fourth-order valence-electron chi connectivity index (χ4n) is 3.94. The molecule has 0 amide bonds. The highest BCUT2D eigenvalue weighted by atomic mass is 16.5. The zero-order chi connectivity index (χ0) is 21.2. The van der Waals surface area contributed by atoms with Gasteiger partial charge in [0, 0.05) is 26.2 Å². The molecule has 1 unspecified atom stereocenters. The number of nitrogens with zero attached hydrogens (tertiary/aromatic N) is 2. The molecular formula is C26H36N2O2. The number of ether oxygens (including phenoxy) is 2. The van der Waals surface area contributed by atoms with E-state index in [2.05, 4.69) is 60.1 Å². The van der Waals surface area contributed by atoms with Gasteiger partial charge >= 0.3 is 0 Å². The molecule has 0 bridgehead atoms. The Kier molecular flexibility index (Phi) is 8.79. The number of piperazine rings is 1. The van der Waals surface area contributed by atoms with E-state index in [1.807, 2.05) is 24.3 Å². The lowest BCUT2D eigenvalue weighted by Gasteiger charge is -2.39. The molecular weight excluding hydrogens is 372 g/mol. The largest absolute Gasteiger partial charge is 0.493 e. The van der Waals surface area contributed by atoms with Crippen LogP contribution < -0.4 is 9.47 Å². The summed E-state index contributed by atoms with van der Waals surface area (Å²) < 4.78 is 12.2. The molecule has 2 aromatic rings. The number of hydrogen-bond donors (Lipinski definition) is 0. The van der Waals surface area contributed by atoms with E-state index in [0.717, 1.165) is 56.1 Å². The SMILES string of the molecule is CCCC(Oc1ccc(/C=C/c2ccccc2)cc1OC)N1CCN(CCC)CC1. The van der Waals surface area contributed by atoms with Crippen molar-refractivity contribution in [3.8, 4) is 11.5 Å². The Morgan fingerprint density at radius 3 is 2.27 bits per heavy atom. The molecule has 1 aliphatic rings. The van der Waals surface area contributed by atoms with Crippen LogP contribution in [-0.4, -0.2) is 55.9 Å². The highest BCUT2D eigenvalue weighted by Crippen LogP contribution is 2.31. The maximum Gasteiger partial charge on any atom is 0.163 e. The van der Waals surface area contributed by atoms with Crippen molar-refractivity contribution < 1.29 is 9.47 Å². The molecule has 1 atom stereocenters. The molecule has 2 aromatic carbocycles. The minimum Gasteiger partial charge on any atom is -0.493 e. The van der Waals surface area contributed by atoms with Crippen molar-refractivity contribution in [1.29, 1.82) is 0 Å². The van der Waals surface area contributed by atoms with Gasteiger partial charge in [-0.1, -0.05) is 68.8 Å². The summed E-state index contributed by atoms with van der Waals surface area (Å²) in [6.45, 7) is 10.0. The van der Waals surface area contributed by atoms with E-state index in [9.17, 15) is 0 Å². The topological polar surface area (TPSA) is 24.9 Å². The molecule has 1 fully saturated rings. The van der Waals surface area contributed by atoms with Crippen LogP contribution in [-0.2, 0) is 0 Å². The van der Waals surface area contributed by atoms with Crippen LogP contribution >= 0.6 is 0 Å². The predicted molar refractivity (Wildman–Crippen MR) is 126 cm³/mol. The number of methoxy groups -OCH3 is 1. The zero-order valence-electron chi connectivity index (χ0n) is 18.7. The summed E-state index contributed by atoms with van der Waals surface area (Å²) in [6, 6.07) is 16.5. The Balaban J connectivity index is 1.68. The van der Waals surface area contributed by atoms with E-state index < -0.39 is 0 Å². The summed E-state index contributed by atoms with van der Waals surface area (Å²) in [4.78, 5) is 5.03. The summed E-state index contributed by atoms with van der Waals surface area (Å²) in [5, 5.41) is 0. The molecule has 30 heavy (non-hydrogen) atoms. The summed E-state index contributed by atoms with van der Waals surface area (Å²) in [7, 11) is 1.71. The molecule has 0 aliphatic carbocycles. The van der Waals surface area contributed by atoms with E-state index in [1.54, 1.807) is 7.11 Å². The monoisotopic (exact) mass is 408 g/mol. The lowest BCUT2D eigenvalue weighted by molar-refractivity contribution is -0.0141. The van der Waals surface area contributed by atoms with Crippen LogP contribution in [0.5, 0.6) is 11.5 Å². The Bertz CT molecular complexity index is 783. The molecule has 162 valence electrons. The second kappa shape index (κ2) is 11.8. The van der Waals surface area contributed by atoms with Gasteiger partial charge in [-0.25, -0.2) is 0 Å². The predicted octanol–water partition coefficient (Wildman–Crippen LogP) is 5.40. The lowest BCUT2D eigenvalue weighted by atomic mass is 10.1. The van der Waals surface area contributed by atoms with Crippen molar-refractivity contribution >= 4 is 12.2 Å². The second-order valence-corrected chi connectivity index (χ2v) is 7.89. The molecule has 0 radical (unpaired) electrons. The highest BCUT2D eigenvalue weighted by Gasteiger charge is 2.25. The summed E-state index contributed by atoms with van der Waals surface area (Å²) in [6.07, 6.45) is 7.66. The van der Waals surface area contributed by atoms with Gasteiger partial charge in [0.25, 0.3) is 0 Å². The van der Waals surface area contributed by atoms with Crippen molar-refractivity contribution in [2.24, 2.45) is 0 Å². The molecule has 0 aromatic heterocycles. The molecule has 0 N–H and O–H groups in total. The van der Waals surface area contributed by atoms with E-state index in [0.29, 0.717) is 0 Å². The molecule has 4 heteroatoms. The molecule has 0 saturated carbocycles. The first-order chi connectivity index (χ1) is 14.7. The van der Waals surface area contributed by atoms with Gasteiger partial charge in [-0.3, -0.25) is 4.90 Å². The Hall–Kier alpha value is -2.30. The Labute approximate surface area is 182 Å². The smallest absolute Gasteiger partial charge is 0.163 e. The minimum atomic E-state index is 0.0957. The van der Waals surface area contributed by atoms with Crippen LogP contribution in [0.25, 0.3) is 12.2 Å². The van der Waals surface area contributed by atoms with E-state index >= 15 is 0 Å². The maximum atomic E-state index is 6.49. The average molecular weight is 409 g/mol. The molecule has 1 heterocycles. The van der Waals surface area contributed by atoms with E-state index in [4.69, 9.17) is 9.47 Å². The average Bonchev–Trinajstić information content (AvgIpc) is 2.79. The standard InChI is InChI=1S/C26H36N2O2/c1-4-9-26(28-19-17-27(16-5-2)18-20-28)30-24-15-14-23(21-25(24)29-3)13-12-22-10-7-6-8-11-22/h6-8,10-15,21,26H,4-5,9,16-20H2,1-3H3/b13-12+. The molecule has 4 nitrogen and oxygen atoms in total. The van der Waals surface area contributed by atoms with Gasteiger partial charge < -0.3 is 14.4 Å². The van der Waals surface area contributed by atoms with Crippen LogP contribution in [0.1, 0.15) is 44.2 Å². The first-order valence-electron chi connectivity index (χ1n) is 11.3. The fraction of sp³-hybridized carbons (Fsp3) is 0.462. The number of rotatable bonds is 10. The quantitative estimate of drug-likeness (QED) is 0.492. The first kappa shape index (κ1) is 22.4. The normalized spacial score (nSPS) is 16.6. The molecule has 3 rings (SSSR count). The van der Waals surface area contributed by atoms with Crippen molar-refractivity contribution in [2.45, 2.75) is 39.3 Å².